The number of hydrogen-bond donors (Lipinski definition) is 0. The van der Waals surface area contributed by atoms with E-state index in [0.717, 1.165) is 40.6 Å². The van der Waals surface area contributed by atoms with Crippen LogP contribution in [0.5, 0.6) is 6.01 Å². The van der Waals surface area contributed by atoms with Crippen LogP contribution in [0.25, 0.3) is 22.1 Å². The van der Waals surface area contributed by atoms with Crippen molar-refractivity contribution in [3.63, 3.8) is 0 Å². The highest BCUT2D eigenvalue weighted by Crippen LogP contribution is 2.36. The summed E-state index contributed by atoms with van der Waals surface area (Å²) < 4.78 is 11.7. The molecular formula is C17H14IN7OS. The molecule has 0 bridgehead atoms. The lowest BCUT2D eigenvalue weighted by Crippen LogP contribution is -2.24. The van der Waals surface area contributed by atoms with Gasteiger partial charge in [0.25, 0.3) is 6.01 Å². The van der Waals surface area contributed by atoms with E-state index in [1.165, 1.54) is 0 Å². The highest BCUT2D eigenvalue weighted by molar-refractivity contribution is 14.2. The average Bonchev–Trinajstić information content (AvgIpc) is 3.39. The van der Waals surface area contributed by atoms with Crippen molar-refractivity contribution >= 4 is 52.4 Å². The lowest BCUT2D eigenvalue weighted by atomic mass is 10.0. The molecule has 1 aliphatic heterocycles. The van der Waals surface area contributed by atoms with Crippen LogP contribution in [0, 0.1) is 11.3 Å². The summed E-state index contributed by atoms with van der Waals surface area (Å²) in [6.45, 7) is 0.685. The fourth-order valence-electron chi connectivity index (χ4n) is 3.85. The fraction of sp³-hybridized carbons (Fsp3) is 0.294. The molecule has 0 aromatic carbocycles. The Balaban J connectivity index is 1.70. The number of nitrogens with zero attached hydrogens (tertiary/aromatic N) is 7. The molecule has 0 aliphatic carbocycles. The summed E-state index contributed by atoms with van der Waals surface area (Å²) in [6.07, 6.45) is 5.62. The molecule has 4 aromatic rings. The van der Waals surface area contributed by atoms with E-state index in [2.05, 4.69) is 53.0 Å². The zero-order valence-corrected chi connectivity index (χ0v) is 17.3. The molecule has 1 atom stereocenters. The molecule has 0 amide bonds. The molecule has 0 N–H and O–H groups in total. The molecule has 8 nitrogen and oxygen atoms in total. The number of halogens is 1. The van der Waals surface area contributed by atoms with Crippen molar-refractivity contribution in [3.05, 3.63) is 35.9 Å². The molecule has 27 heavy (non-hydrogen) atoms. The number of methoxy groups -OCH3 is 1. The van der Waals surface area contributed by atoms with Gasteiger partial charge in [-0.3, -0.25) is 13.2 Å². The molecule has 0 fully saturated rings. The first-order valence-electron chi connectivity index (χ1n) is 8.41. The van der Waals surface area contributed by atoms with Crippen molar-refractivity contribution < 1.29 is 4.74 Å². The monoisotopic (exact) mass is 491 g/mol. The Kier molecular flexibility index (Phi) is 4.01. The van der Waals surface area contributed by atoms with E-state index >= 15 is 0 Å². The molecule has 136 valence electrons. The van der Waals surface area contributed by atoms with Crippen LogP contribution in [0.15, 0.2) is 24.5 Å². The van der Waals surface area contributed by atoms with Crippen molar-refractivity contribution in [1.29, 1.82) is 5.26 Å². The van der Waals surface area contributed by atoms with Crippen molar-refractivity contribution in [2.45, 2.75) is 25.4 Å². The number of hydrogen-bond acceptors (Lipinski definition) is 6. The molecule has 5 heterocycles. The minimum Gasteiger partial charge on any atom is -0.468 e. The Labute approximate surface area is 170 Å². The van der Waals surface area contributed by atoms with Gasteiger partial charge in [0.2, 0.25) is 0 Å². The minimum absolute atomic E-state index is 0.144. The number of rotatable bonds is 3. The van der Waals surface area contributed by atoms with Crippen molar-refractivity contribution in [3.8, 4) is 12.1 Å². The molecular weight excluding hydrogens is 477 g/mol. The van der Waals surface area contributed by atoms with Crippen molar-refractivity contribution in [2.24, 2.45) is 0 Å². The SMILES string of the molecule is COc1nc2cnc3c(ccn3SI)c2n1[C@H]1CCc2cc(C#N)nn2C1. The number of fused-ring (bicyclic) bond motifs is 4. The van der Waals surface area contributed by atoms with Crippen LogP contribution in [-0.2, 0) is 13.0 Å². The summed E-state index contributed by atoms with van der Waals surface area (Å²) in [7, 11) is 3.22. The van der Waals surface area contributed by atoms with Gasteiger partial charge in [-0.25, -0.2) is 4.98 Å². The average molecular weight is 491 g/mol. The maximum absolute atomic E-state index is 9.13. The summed E-state index contributed by atoms with van der Waals surface area (Å²) in [5.41, 5.74) is 4.33. The molecule has 5 rings (SSSR count). The maximum atomic E-state index is 9.13. The second kappa shape index (κ2) is 6.42. The molecule has 1 aliphatic rings. The van der Waals surface area contributed by atoms with Gasteiger partial charge < -0.3 is 4.74 Å². The summed E-state index contributed by atoms with van der Waals surface area (Å²) in [5, 5.41) is 14.6. The predicted octanol–water partition coefficient (Wildman–Crippen LogP) is 3.50. The van der Waals surface area contributed by atoms with E-state index in [-0.39, 0.29) is 6.04 Å². The van der Waals surface area contributed by atoms with E-state index in [1.54, 1.807) is 22.4 Å². The van der Waals surface area contributed by atoms with E-state index in [9.17, 15) is 0 Å². The standard InChI is InChI=1S/C17H14IN7OS/c1-26-17-21-14-8-20-16-13(4-5-24(16)27-18)15(14)25(17)12-3-2-11-6-10(7-19)22-23(11)9-12/h4-6,8,12H,2-3,9H2,1H3/t12-/m0/s1. The molecule has 0 saturated heterocycles. The first-order chi connectivity index (χ1) is 13.2. The third-order valence-corrected chi connectivity index (χ3v) is 6.73. The van der Waals surface area contributed by atoms with E-state index < -0.39 is 0 Å². The number of nitriles is 1. The predicted molar refractivity (Wildman–Crippen MR) is 111 cm³/mol. The smallest absolute Gasteiger partial charge is 0.297 e. The number of imidazole rings is 1. The summed E-state index contributed by atoms with van der Waals surface area (Å²) in [5.74, 6) is 0. The quantitative estimate of drug-likeness (QED) is 0.408. The van der Waals surface area contributed by atoms with E-state index in [1.807, 2.05) is 20.9 Å². The Hall–Kier alpha value is -2.26. The van der Waals surface area contributed by atoms with Crippen molar-refractivity contribution in [1.82, 2.24) is 28.3 Å². The van der Waals surface area contributed by atoms with Crippen LogP contribution in [-0.4, -0.2) is 35.4 Å². The Morgan fingerprint density at radius 1 is 1.44 bits per heavy atom. The zero-order valence-electron chi connectivity index (χ0n) is 14.3. The molecule has 0 spiro atoms. The van der Waals surface area contributed by atoms with Gasteiger partial charge in [-0.2, -0.15) is 15.3 Å². The Morgan fingerprint density at radius 2 is 2.33 bits per heavy atom. The number of ether oxygens (including phenoxy) is 1. The normalized spacial score (nSPS) is 16.6. The van der Waals surface area contributed by atoms with Crippen LogP contribution in [0.2, 0.25) is 0 Å². The van der Waals surface area contributed by atoms with Gasteiger partial charge in [-0.15, -0.1) is 0 Å². The second-order valence-corrected chi connectivity index (χ2v) is 8.13. The minimum atomic E-state index is 0.144. The highest BCUT2D eigenvalue weighted by atomic mass is 127. The topological polar surface area (TPSA) is 86.5 Å². The third kappa shape index (κ3) is 2.52. The van der Waals surface area contributed by atoms with E-state index in [4.69, 9.17) is 10.00 Å². The number of aromatic nitrogens is 6. The van der Waals surface area contributed by atoms with Crippen LogP contribution < -0.4 is 4.74 Å². The van der Waals surface area contributed by atoms with Gasteiger partial charge in [0.05, 0.1) is 31.4 Å². The first kappa shape index (κ1) is 16.9. The van der Waals surface area contributed by atoms with Crippen LogP contribution in [0.3, 0.4) is 0 Å². The van der Waals surface area contributed by atoms with Gasteiger partial charge in [0.15, 0.2) is 11.3 Å². The zero-order chi connectivity index (χ0) is 18.5. The van der Waals surface area contributed by atoms with Crippen LogP contribution >= 0.6 is 30.3 Å². The highest BCUT2D eigenvalue weighted by Gasteiger charge is 2.27. The Bertz CT molecular complexity index is 1220. The van der Waals surface area contributed by atoms with Crippen LogP contribution in [0.1, 0.15) is 23.9 Å². The van der Waals surface area contributed by atoms with E-state index in [0.29, 0.717) is 18.2 Å². The second-order valence-electron chi connectivity index (χ2n) is 6.42. The van der Waals surface area contributed by atoms with Gasteiger partial charge in [-0.1, -0.05) is 0 Å². The van der Waals surface area contributed by atoms with Crippen LogP contribution in [0.4, 0.5) is 0 Å². The number of pyridine rings is 1. The largest absolute Gasteiger partial charge is 0.468 e. The molecule has 4 aromatic heterocycles. The molecule has 0 saturated carbocycles. The lowest BCUT2D eigenvalue weighted by molar-refractivity contribution is 0.294. The Morgan fingerprint density at radius 3 is 3.11 bits per heavy atom. The molecule has 0 radical (unpaired) electrons. The lowest BCUT2D eigenvalue weighted by Gasteiger charge is -2.26. The van der Waals surface area contributed by atoms with Gasteiger partial charge in [-0.05, 0) is 25.0 Å². The molecule has 10 heteroatoms. The third-order valence-electron chi connectivity index (χ3n) is 5.01. The summed E-state index contributed by atoms with van der Waals surface area (Å²) in [4.78, 5) is 9.22. The maximum Gasteiger partial charge on any atom is 0.297 e. The van der Waals surface area contributed by atoms with Gasteiger partial charge >= 0.3 is 0 Å². The summed E-state index contributed by atoms with van der Waals surface area (Å²) in [6, 6.07) is 6.80. The first-order valence-corrected chi connectivity index (χ1v) is 11.7. The fourth-order valence-corrected chi connectivity index (χ4v) is 5.12. The summed E-state index contributed by atoms with van der Waals surface area (Å²) >= 11 is 2.25. The van der Waals surface area contributed by atoms with Gasteiger partial charge in [0.1, 0.15) is 11.6 Å². The molecule has 0 unspecified atom stereocenters. The number of aryl methyl sites for hydroxylation is 1. The van der Waals surface area contributed by atoms with Crippen molar-refractivity contribution in [2.75, 3.05) is 7.11 Å². The van der Waals surface area contributed by atoms with Gasteiger partial charge in [0, 0.05) is 47.6 Å².